The molecule has 0 fully saturated rings. The number of rotatable bonds is 0. The maximum Gasteiger partial charge on any atom is 2.00 e. The fourth-order valence-electron chi connectivity index (χ4n) is 0. The molecule has 6 heteroatoms. The maximum absolute atomic E-state index is 8.52. The van der Waals surface area contributed by atoms with Crippen molar-refractivity contribution in [2.24, 2.45) is 0 Å². The van der Waals surface area contributed by atoms with Crippen LogP contribution >= 0.6 is 0 Å². The molecule has 0 spiro atoms. The van der Waals surface area contributed by atoms with Crippen molar-refractivity contribution >= 4 is 9.17 Å². The van der Waals surface area contributed by atoms with Gasteiger partial charge in [-0.3, -0.25) is 0 Å². The molecule has 0 rings (SSSR count). The minimum Gasteiger partial charge on any atom is -0.672 e. The van der Waals surface area contributed by atoms with E-state index in [4.69, 9.17) is 14.1 Å². The minimum atomic E-state index is -3.63. The first-order valence-electron chi connectivity index (χ1n) is 0.612. The molecule has 0 aliphatic rings. The topological polar surface area (TPSA) is 63.2 Å². The van der Waals surface area contributed by atoms with Crippen LogP contribution in [-0.4, -0.2) is 9.17 Å². The zero-order valence-corrected chi connectivity index (χ0v) is 5.27. The summed E-state index contributed by atoms with van der Waals surface area (Å²) in [6.07, 6.45) is 0. The van der Waals surface area contributed by atoms with E-state index < -0.39 is 9.17 Å². The normalized spacial score (nSPS) is 4.00. The van der Waals surface area contributed by atoms with E-state index in [2.05, 4.69) is 0 Å². The predicted molar refractivity (Wildman–Crippen MR) is 6.44 cm³/mol. The molecular weight excluding hydrogens is 198 g/mol. The van der Waals surface area contributed by atoms with E-state index >= 15 is 0 Å². The largest absolute Gasteiger partial charge is 2.00 e. The van der Waals surface area contributed by atoms with Crippen molar-refractivity contribution in [1.29, 1.82) is 0 Å². The van der Waals surface area contributed by atoms with Gasteiger partial charge in [0.1, 0.15) is 0 Å². The molecule has 3 nitrogen and oxygen atoms in total. The molecule has 0 aromatic carbocycles. The zero-order chi connectivity index (χ0) is 3.58. The average molecular weight is 198 g/mol. The summed E-state index contributed by atoms with van der Waals surface area (Å²) in [6, 6.07) is 0. The van der Waals surface area contributed by atoms with Gasteiger partial charge >= 0.3 is 17.1 Å². The fourth-order valence-corrected chi connectivity index (χ4v) is 0. The molecule has 0 atom stereocenters. The predicted octanol–water partition coefficient (Wildman–Crippen LogP) is -2.88. The molecular formula is CuNiO3Si. The van der Waals surface area contributed by atoms with Gasteiger partial charge in [-0.15, -0.1) is 0 Å². The minimum absolute atomic E-state index is 0. The molecule has 0 saturated carbocycles. The summed E-state index contributed by atoms with van der Waals surface area (Å²) in [5.74, 6) is 0. The molecule has 0 heterocycles. The van der Waals surface area contributed by atoms with Crippen LogP contribution in [0.4, 0.5) is 0 Å². The summed E-state index contributed by atoms with van der Waals surface area (Å²) in [6.45, 7) is 0. The van der Waals surface area contributed by atoms with Crippen LogP contribution in [0.25, 0.3) is 0 Å². The number of hydrogen-bond donors (Lipinski definition) is 0. The van der Waals surface area contributed by atoms with Crippen LogP contribution in [0.3, 0.4) is 0 Å². The van der Waals surface area contributed by atoms with Crippen LogP contribution in [0.1, 0.15) is 0 Å². The van der Waals surface area contributed by atoms with Gasteiger partial charge in [-0.25, -0.2) is 0 Å². The van der Waals surface area contributed by atoms with Gasteiger partial charge < -0.3 is 14.1 Å². The smallest absolute Gasteiger partial charge is 0.672 e. The molecule has 43 valence electrons. The molecule has 0 aromatic rings. The average Bonchev–Trinajstić information content (AvgIpc) is 0.811. The maximum atomic E-state index is 8.52. The molecule has 0 bridgehead atoms. The Morgan fingerprint density at radius 2 is 1.33 bits per heavy atom. The van der Waals surface area contributed by atoms with Crippen LogP contribution < -0.4 is 9.59 Å². The van der Waals surface area contributed by atoms with Gasteiger partial charge in [0.15, 0.2) is 0 Å². The van der Waals surface area contributed by atoms with Gasteiger partial charge in [0.2, 0.25) is 0 Å². The Bertz CT molecular complexity index is 33.8. The van der Waals surface area contributed by atoms with E-state index in [1.807, 2.05) is 0 Å². The van der Waals surface area contributed by atoms with E-state index in [1.165, 1.54) is 0 Å². The zero-order valence-electron chi connectivity index (χ0n) is 2.34. The van der Waals surface area contributed by atoms with Gasteiger partial charge in [-0.2, -0.15) is 0 Å². The summed E-state index contributed by atoms with van der Waals surface area (Å²) < 4.78 is 8.52. The van der Waals surface area contributed by atoms with E-state index in [0.29, 0.717) is 0 Å². The van der Waals surface area contributed by atoms with Gasteiger partial charge in [0, 0.05) is 25.7 Å². The molecule has 0 N–H and O–H groups in total. The third kappa shape index (κ3) is 154. The Labute approximate surface area is 57.1 Å². The summed E-state index contributed by atoms with van der Waals surface area (Å²) >= 11 is 0. The number of hydrogen-bond acceptors (Lipinski definition) is 3. The van der Waals surface area contributed by atoms with Gasteiger partial charge in [-0.05, 0) is 0 Å². The summed E-state index contributed by atoms with van der Waals surface area (Å²) in [7, 11) is -3.63. The van der Waals surface area contributed by atoms with Crippen LogP contribution in [0.5, 0.6) is 0 Å². The monoisotopic (exact) mass is 197 g/mol. The van der Waals surface area contributed by atoms with Crippen molar-refractivity contribution in [1.82, 2.24) is 0 Å². The Hall–Kier alpha value is 0.630. The van der Waals surface area contributed by atoms with Crippen LogP contribution in [-0.2, 0) is 38.0 Å². The van der Waals surface area contributed by atoms with Crippen molar-refractivity contribution in [2.45, 2.75) is 0 Å². The van der Waals surface area contributed by atoms with Gasteiger partial charge in [-0.1, -0.05) is 0 Å². The Balaban J connectivity index is -0.0000000450. The first-order valence-corrected chi connectivity index (χ1v) is 1.84. The molecule has 0 saturated heterocycles. The fraction of sp³-hybridized carbons (Fsp3) is 0. The van der Waals surface area contributed by atoms with E-state index in [1.54, 1.807) is 0 Å². The molecule has 6 heavy (non-hydrogen) atoms. The third-order valence-electron chi connectivity index (χ3n) is 0. The standard InChI is InChI=1S/Cu.Ni.O3Si/c;;1-4(2)3/q+2;;-2. The van der Waals surface area contributed by atoms with Crippen molar-refractivity contribution in [3.05, 3.63) is 0 Å². The molecule has 1 radical (unpaired) electrons. The Kier molecular flexibility index (Phi) is 24.3. The second kappa shape index (κ2) is 9.16. The molecule has 0 aromatic heterocycles. The molecule has 0 aliphatic heterocycles. The van der Waals surface area contributed by atoms with E-state index in [0.717, 1.165) is 0 Å². The van der Waals surface area contributed by atoms with Crippen LogP contribution in [0, 0.1) is 0 Å². The van der Waals surface area contributed by atoms with E-state index in [-0.39, 0.29) is 33.6 Å². The van der Waals surface area contributed by atoms with Crippen molar-refractivity contribution in [3.63, 3.8) is 0 Å². The van der Waals surface area contributed by atoms with E-state index in [9.17, 15) is 0 Å². The van der Waals surface area contributed by atoms with Crippen molar-refractivity contribution in [3.8, 4) is 0 Å². The molecule has 0 aliphatic carbocycles. The summed E-state index contributed by atoms with van der Waals surface area (Å²) in [4.78, 5) is 17.0. The summed E-state index contributed by atoms with van der Waals surface area (Å²) in [5, 5.41) is 0. The molecule has 0 amide bonds. The van der Waals surface area contributed by atoms with Crippen molar-refractivity contribution < 1.29 is 47.6 Å². The SMILES string of the molecule is O=[Si]([O-])[O-].[Cu+2].[Ni]. The van der Waals surface area contributed by atoms with Crippen LogP contribution in [0.15, 0.2) is 0 Å². The third-order valence-corrected chi connectivity index (χ3v) is 0. The van der Waals surface area contributed by atoms with Crippen LogP contribution in [0.2, 0.25) is 0 Å². The molecule has 0 unspecified atom stereocenters. The Morgan fingerprint density at radius 1 is 1.33 bits per heavy atom. The summed E-state index contributed by atoms with van der Waals surface area (Å²) in [5.41, 5.74) is 0. The quantitative estimate of drug-likeness (QED) is 0.393. The van der Waals surface area contributed by atoms with Gasteiger partial charge in [0.25, 0.3) is 0 Å². The first-order chi connectivity index (χ1) is 1.73. The Morgan fingerprint density at radius 3 is 1.33 bits per heavy atom. The van der Waals surface area contributed by atoms with Crippen molar-refractivity contribution in [2.75, 3.05) is 0 Å². The second-order valence-electron chi connectivity index (χ2n) is 0.250. The first kappa shape index (κ1) is 15.9. The van der Waals surface area contributed by atoms with Gasteiger partial charge in [0.05, 0.1) is 0 Å². The second-order valence-corrected chi connectivity index (χ2v) is 0.750.